The lowest BCUT2D eigenvalue weighted by Gasteiger charge is -2.36. The molecule has 3 rings (SSSR count). The van der Waals surface area contributed by atoms with E-state index in [1.165, 1.54) is 0 Å². The second-order valence-corrected chi connectivity index (χ2v) is 8.56. The monoisotopic (exact) mass is 454 g/mol. The van der Waals surface area contributed by atoms with Gasteiger partial charge in [-0.1, -0.05) is 26.0 Å². The molecular formula is C24H30N4O3S. The fourth-order valence-corrected chi connectivity index (χ4v) is 3.61. The van der Waals surface area contributed by atoms with E-state index in [0.29, 0.717) is 31.2 Å². The maximum absolute atomic E-state index is 12.6. The summed E-state index contributed by atoms with van der Waals surface area (Å²) < 4.78 is 5.66. The van der Waals surface area contributed by atoms with Crippen LogP contribution in [0.4, 0.5) is 11.4 Å². The molecule has 2 aromatic rings. The van der Waals surface area contributed by atoms with Gasteiger partial charge in [-0.3, -0.25) is 14.9 Å². The number of thiocarbonyl (C=S) groups is 1. The van der Waals surface area contributed by atoms with Gasteiger partial charge in [0.15, 0.2) is 5.11 Å². The first-order valence-electron chi connectivity index (χ1n) is 10.8. The lowest BCUT2D eigenvalue weighted by Crippen LogP contribution is -2.48. The Labute approximate surface area is 194 Å². The second-order valence-electron chi connectivity index (χ2n) is 8.15. The van der Waals surface area contributed by atoms with E-state index in [-0.39, 0.29) is 16.9 Å². The molecule has 1 heterocycles. The molecule has 170 valence electrons. The third-order valence-electron chi connectivity index (χ3n) is 5.14. The summed E-state index contributed by atoms with van der Waals surface area (Å²) in [5.74, 6) is 0.974. The Kier molecular flexibility index (Phi) is 8.05. The molecule has 1 aliphatic heterocycles. The minimum Gasteiger partial charge on any atom is -0.493 e. The van der Waals surface area contributed by atoms with Crippen LogP contribution in [0, 0.1) is 5.92 Å². The summed E-state index contributed by atoms with van der Waals surface area (Å²) in [4.78, 5) is 28.2. The van der Waals surface area contributed by atoms with Crippen molar-refractivity contribution in [3.8, 4) is 5.75 Å². The van der Waals surface area contributed by atoms with Gasteiger partial charge >= 0.3 is 0 Å². The molecule has 2 N–H and O–H groups in total. The number of carbonyl (C=O) groups excluding carboxylic acids is 2. The fraction of sp³-hybridized carbons (Fsp3) is 0.375. The van der Waals surface area contributed by atoms with Gasteiger partial charge in [0, 0.05) is 38.7 Å². The summed E-state index contributed by atoms with van der Waals surface area (Å²) in [6.07, 6.45) is 0. The van der Waals surface area contributed by atoms with Crippen LogP contribution >= 0.6 is 12.2 Å². The van der Waals surface area contributed by atoms with Crippen LogP contribution < -0.4 is 20.3 Å². The first-order valence-corrected chi connectivity index (χ1v) is 11.2. The molecular weight excluding hydrogens is 424 g/mol. The van der Waals surface area contributed by atoms with Gasteiger partial charge in [0.2, 0.25) is 5.91 Å². The molecule has 0 atom stereocenters. The van der Waals surface area contributed by atoms with Crippen LogP contribution in [0.25, 0.3) is 0 Å². The van der Waals surface area contributed by atoms with E-state index in [0.717, 1.165) is 30.2 Å². The Morgan fingerprint density at radius 3 is 2.31 bits per heavy atom. The Balaban J connectivity index is 1.58. The van der Waals surface area contributed by atoms with Crippen LogP contribution in [0.1, 0.15) is 31.1 Å². The Bertz CT molecular complexity index is 954. The minimum atomic E-state index is -0.287. The third-order valence-corrected chi connectivity index (χ3v) is 5.35. The number of anilines is 2. The maximum atomic E-state index is 12.6. The van der Waals surface area contributed by atoms with E-state index in [1.54, 1.807) is 31.2 Å². The van der Waals surface area contributed by atoms with Crippen molar-refractivity contribution >= 4 is 40.5 Å². The van der Waals surface area contributed by atoms with E-state index in [9.17, 15) is 9.59 Å². The van der Waals surface area contributed by atoms with E-state index in [4.69, 9.17) is 17.0 Å². The average molecular weight is 455 g/mol. The number of benzene rings is 2. The normalized spacial score (nSPS) is 13.6. The smallest absolute Gasteiger partial charge is 0.257 e. The molecule has 0 radical (unpaired) electrons. The third kappa shape index (κ3) is 6.43. The molecule has 1 aliphatic rings. The molecule has 0 aromatic heterocycles. The second kappa shape index (κ2) is 10.9. The first-order chi connectivity index (χ1) is 15.3. The summed E-state index contributed by atoms with van der Waals surface area (Å²) in [6.45, 7) is 9.23. The Morgan fingerprint density at radius 2 is 1.69 bits per heavy atom. The van der Waals surface area contributed by atoms with Crippen molar-refractivity contribution < 1.29 is 14.3 Å². The van der Waals surface area contributed by atoms with E-state index in [2.05, 4.69) is 29.4 Å². The number of hydrogen-bond acceptors (Lipinski definition) is 5. The van der Waals surface area contributed by atoms with Crippen LogP contribution in [0.5, 0.6) is 5.75 Å². The number of rotatable bonds is 6. The molecule has 32 heavy (non-hydrogen) atoms. The van der Waals surface area contributed by atoms with E-state index >= 15 is 0 Å². The molecule has 0 aliphatic carbocycles. The largest absolute Gasteiger partial charge is 0.493 e. The van der Waals surface area contributed by atoms with Gasteiger partial charge in [-0.05, 0) is 54.5 Å². The zero-order valence-electron chi connectivity index (χ0n) is 18.8. The highest BCUT2D eigenvalue weighted by Gasteiger charge is 2.21. The van der Waals surface area contributed by atoms with Gasteiger partial charge in [-0.15, -0.1) is 0 Å². The molecule has 7 nitrogen and oxygen atoms in total. The molecule has 8 heteroatoms. The molecule has 0 saturated carbocycles. The highest BCUT2D eigenvalue weighted by Crippen LogP contribution is 2.26. The van der Waals surface area contributed by atoms with Crippen molar-refractivity contribution in [3.63, 3.8) is 0 Å². The lowest BCUT2D eigenvalue weighted by atomic mass is 10.2. The number of nitrogens with one attached hydrogen (secondary N) is 2. The minimum absolute atomic E-state index is 0.0967. The molecule has 1 fully saturated rings. The molecule has 2 amide bonds. The van der Waals surface area contributed by atoms with Gasteiger partial charge in [0.25, 0.3) is 5.91 Å². The number of piperazine rings is 1. The van der Waals surface area contributed by atoms with Crippen LogP contribution in [-0.4, -0.2) is 54.6 Å². The quantitative estimate of drug-likeness (QED) is 0.651. The molecule has 0 spiro atoms. The number of ether oxygens (including phenoxy) is 1. The summed E-state index contributed by atoms with van der Waals surface area (Å²) in [5, 5.41) is 6.10. The van der Waals surface area contributed by atoms with Crippen molar-refractivity contribution in [3.05, 3.63) is 54.1 Å². The zero-order chi connectivity index (χ0) is 23.1. The van der Waals surface area contributed by atoms with Gasteiger partial charge in [0.05, 0.1) is 18.0 Å². The summed E-state index contributed by atoms with van der Waals surface area (Å²) in [6, 6.07) is 14.8. The van der Waals surface area contributed by atoms with Gasteiger partial charge in [0.1, 0.15) is 5.75 Å². The molecule has 0 unspecified atom stereocenters. The maximum Gasteiger partial charge on any atom is 0.257 e. The Morgan fingerprint density at radius 1 is 1.03 bits per heavy atom. The summed E-state index contributed by atoms with van der Waals surface area (Å²) in [7, 11) is 0. The number of carbonyl (C=O) groups is 2. The van der Waals surface area contributed by atoms with Crippen LogP contribution in [-0.2, 0) is 4.79 Å². The molecule has 0 bridgehead atoms. The van der Waals surface area contributed by atoms with Crippen molar-refractivity contribution in [1.29, 1.82) is 0 Å². The standard InChI is InChI=1S/C24H30N4O3S/c1-17(2)16-31-20-10-8-19(9-11-20)23(30)26-24(32)25-21-6-4-5-7-22(21)28-14-12-27(13-15-28)18(3)29/h4-11,17H,12-16H2,1-3H3,(H2,25,26,30,32). The number of amides is 2. The van der Waals surface area contributed by atoms with Crippen LogP contribution in [0.15, 0.2) is 48.5 Å². The summed E-state index contributed by atoms with van der Waals surface area (Å²) in [5.41, 5.74) is 2.30. The highest BCUT2D eigenvalue weighted by atomic mass is 32.1. The van der Waals surface area contributed by atoms with Crippen molar-refractivity contribution in [2.45, 2.75) is 20.8 Å². The van der Waals surface area contributed by atoms with Crippen LogP contribution in [0.3, 0.4) is 0 Å². The number of nitrogens with zero attached hydrogens (tertiary/aromatic N) is 2. The van der Waals surface area contributed by atoms with Crippen LogP contribution in [0.2, 0.25) is 0 Å². The number of hydrogen-bond donors (Lipinski definition) is 2. The summed E-state index contributed by atoms with van der Waals surface area (Å²) >= 11 is 5.38. The van der Waals surface area contributed by atoms with Crippen molar-refractivity contribution in [2.75, 3.05) is 43.0 Å². The van der Waals surface area contributed by atoms with E-state index in [1.807, 2.05) is 29.2 Å². The topological polar surface area (TPSA) is 73.9 Å². The molecule has 1 saturated heterocycles. The van der Waals surface area contributed by atoms with Crippen molar-refractivity contribution in [2.24, 2.45) is 5.92 Å². The first kappa shape index (κ1) is 23.5. The fourth-order valence-electron chi connectivity index (χ4n) is 3.41. The Hall–Kier alpha value is -3.13. The van der Waals surface area contributed by atoms with E-state index < -0.39 is 0 Å². The van der Waals surface area contributed by atoms with Gasteiger partial charge < -0.3 is 19.9 Å². The van der Waals surface area contributed by atoms with Crippen molar-refractivity contribution in [1.82, 2.24) is 10.2 Å². The SMILES string of the molecule is CC(=O)N1CCN(c2ccccc2NC(=S)NC(=O)c2ccc(OCC(C)C)cc2)CC1. The highest BCUT2D eigenvalue weighted by molar-refractivity contribution is 7.80. The predicted molar refractivity (Wildman–Crippen MR) is 131 cm³/mol. The number of para-hydroxylation sites is 2. The zero-order valence-corrected chi connectivity index (χ0v) is 19.6. The average Bonchev–Trinajstić information content (AvgIpc) is 2.78. The lowest BCUT2D eigenvalue weighted by molar-refractivity contribution is -0.129. The van der Waals surface area contributed by atoms with Gasteiger partial charge in [-0.25, -0.2) is 0 Å². The molecule has 2 aromatic carbocycles. The van der Waals surface area contributed by atoms with Gasteiger partial charge in [-0.2, -0.15) is 0 Å². The predicted octanol–water partition coefficient (Wildman–Crippen LogP) is 3.52.